The van der Waals surface area contributed by atoms with Gasteiger partial charge in [-0.1, -0.05) is 24.3 Å². The number of hydrogen-bond acceptors (Lipinski definition) is 6. The van der Waals surface area contributed by atoms with Crippen molar-refractivity contribution in [2.45, 2.75) is 51.7 Å². The van der Waals surface area contributed by atoms with Gasteiger partial charge < -0.3 is 20.7 Å². The Kier molecular flexibility index (Phi) is 6.55. The molecule has 7 heteroatoms. The summed E-state index contributed by atoms with van der Waals surface area (Å²) in [5.41, 5.74) is 7.89. The molecule has 0 aliphatic carbocycles. The van der Waals surface area contributed by atoms with Gasteiger partial charge in [0.1, 0.15) is 17.4 Å². The monoisotopic (exact) mass is 433 g/mol. The van der Waals surface area contributed by atoms with Crippen LogP contribution in [0.5, 0.6) is 5.75 Å². The maximum Gasteiger partial charge on any atom is 0.227 e. The topological polar surface area (TPSA) is 93.4 Å². The van der Waals surface area contributed by atoms with Crippen LogP contribution in [0.2, 0.25) is 0 Å². The third-order valence-corrected chi connectivity index (χ3v) is 6.14. The van der Waals surface area contributed by atoms with Crippen LogP contribution in [0.25, 0.3) is 10.9 Å². The van der Waals surface area contributed by atoms with Crippen molar-refractivity contribution in [2.75, 3.05) is 18.4 Å². The van der Waals surface area contributed by atoms with E-state index in [1.54, 1.807) is 13.1 Å². The van der Waals surface area contributed by atoms with Crippen LogP contribution in [0.15, 0.2) is 48.7 Å². The summed E-state index contributed by atoms with van der Waals surface area (Å²) in [6.45, 7) is 8.37. The van der Waals surface area contributed by atoms with Gasteiger partial charge in [-0.3, -0.25) is 4.79 Å². The summed E-state index contributed by atoms with van der Waals surface area (Å²) in [6, 6.07) is 14.1. The van der Waals surface area contributed by atoms with E-state index in [1.165, 1.54) is 0 Å². The van der Waals surface area contributed by atoms with Gasteiger partial charge in [0.15, 0.2) is 0 Å². The lowest BCUT2D eigenvalue weighted by atomic mass is 10.0. The van der Waals surface area contributed by atoms with Gasteiger partial charge in [-0.2, -0.15) is 0 Å². The molecule has 3 aromatic rings. The molecule has 4 rings (SSSR count). The second-order valence-corrected chi connectivity index (χ2v) is 8.71. The van der Waals surface area contributed by atoms with Gasteiger partial charge in [0.05, 0.1) is 5.92 Å². The van der Waals surface area contributed by atoms with E-state index in [1.807, 2.05) is 42.5 Å². The van der Waals surface area contributed by atoms with E-state index in [-0.39, 0.29) is 17.9 Å². The summed E-state index contributed by atoms with van der Waals surface area (Å²) in [5, 5.41) is 4.18. The highest BCUT2D eigenvalue weighted by Crippen LogP contribution is 2.28. The van der Waals surface area contributed by atoms with Crippen LogP contribution >= 0.6 is 0 Å². The minimum atomic E-state index is -0.364. The molecule has 1 aromatic heterocycles. The van der Waals surface area contributed by atoms with Crippen LogP contribution in [-0.4, -0.2) is 46.0 Å². The number of anilines is 2. The van der Waals surface area contributed by atoms with Gasteiger partial charge in [0.2, 0.25) is 11.9 Å². The van der Waals surface area contributed by atoms with Crippen LogP contribution in [0, 0.1) is 0 Å². The summed E-state index contributed by atoms with van der Waals surface area (Å²) in [4.78, 5) is 23.2. The predicted molar refractivity (Wildman–Crippen MR) is 127 cm³/mol. The number of hydrogen-bond donors (Lipinski definition) is 2. The number of piperidine rings is 1. The van der Waals surface area contributed by atoms with E-state index < -0.39 is 0 Å². The van der Waals surface area contributed by atoms with Crippen molar-refractivity contribution in [3.8, 4) is 5.75 Å². The zero-order valence-corrected chi connectivity index (χ0v) is 18.9. The Hall–Kier alpha value is -3.19. The first-order valence-electron chi connectivity index (χ1n) is 11.2. The Bertz CT molecular complexity index is 1090. The second kappa shape index (κ2) is 9.53. The maximum atomic E-state index is 11.5. The van der Waals surface area contributed by atoms with Crippen LogP contribution < -0.4 is 15.8 Å². The maximum absolute atomic E-state index is 11.5. The number of likely N-dealkylation sites (tertiary alicyclic amines) is 1. The van der Waals surface area contributed by atoms with Gasteiger partial charge in [-0.15, -0.1) is 0 Å². The smallest absolute Gasteiger partial charge is 0.227 e. The number of carbonyl (C=O) groups is 1. The van der Waals surface area contributed by atoms with Crippen LogP contribution in [0.1, 0.15) is 45.1 Å². The van der Waals surface area contributed by atoms with Gasteiger partial charge in [-0.05, 0) is 57.4 Å². The van der Waals surface area contributed by atoms with Crippen molar-refractivity contribution in [2.24, 2.45) is 5.73 Å². The van der Waals surface area contributed by atoms with Crippen molar-refractivity contribution < 1.29 is 9.53 Å². The van der Waals surface area contributed by atoms with E-state index in [9.17, 15) is 4.79 Å². The highest BCUT2D eigenvalue weighted by molar-refractivity contribution is 5.85. The molecule has 0 bridgehead atoms. The normalized spacial score (nSPS) is 16.2. The Labute approximate surface area is 189 Å². The van der Waals surface area contributed by atoms with Crippen molar-refractivity contribution in [1.29, 1.82) is 0 Å². The molecular weight excluding hydrogens is 402 g/mol. The lowest BCUT2D eigenvalue weighted by molar-refractivity contribution is -0.119. The molecule has 2 aromatic carbocycles. The van der Waals surface area contributed by atoms with E-state index in [4.69, 9.17) is 15.5 Å². The van der Waals surface area contributed by atoms with Crippen LogP contribution in [-0.2, 0) is 4.79 Å². The van der Waals surface area contributed by atoms with Crippen molar-refractivity contribution >= 4 is 28.4 Å². The van der Waals surface area contributed by atoms with Crippen LogP contribution in [0.4, 0.5) is 11.6 Å². The van der Waals surface area contributed by atoms with Gasteiger partial charge in [0, 0.05) is 36.4 Å². The van der Waals surface area contributed by atoms with Gasteiger partial charge >= 0.3 is 0 Å². The Morgan fingerprint density at radius 3 is 2.62 bits per heavy atom. The Morgan fingerprint density at radius 1 is 1.16 bits per heavy atom. The minimum absolute atomic E-state index is 0.189. The number of aromatic nitrogens is 2. The lowest BCUT2D eigenvalue weighted by Crippen LogP contribution is -2.41. The number of nitrogens with one attached hydrogen (secondary N) is 1. The summed E-state index contributed by atoms with van der Waals surface area (Å²) in [6.07, 6.45) is 4.01. The first-order chi connectivity index (χ1) is 15.4. The van der Waals surface area contributed by atoms with Gasteiger partial charge in [-0.25, -0.2) is 9.97 Å². The average molecular weight is 434 g/mol. The molecule has 0 spiro atoms. The number of para-hydroxylation sites is 1. The Morgan fingerprint density at radius 2 is 1.91 bits per heavy atom. The molecule has 1 atom stereocenters. The molecule has 1 saturated heterocycles. The minimum Gasteiger partial charge on any atom is -0.488 e. The molecule has 32 heavy (non-hydrogen) atoms. The fourth-order valence-electron chi connectivity index (χ4n) is 4.05. The number of carbonyl (C=O) groups excluding carboxylic acids is 1. The first-order valence-corrected chi connectivity index (χ1v) is 11.2. The predicted octanol–water partition coefficient (Wildman–Crippen LogP) is 4.21. The fraction of sp³-hybridized carbons (Fsp3) is 0.400. The van der Waals surface area contributed by atoms with Crippen molar-refractivity contribution in [3.05, 3.63) is 54.2 Å². The number of amides is 1. The fourth-order valence-corrected chi connectivity index (χ4v) is 4.05. The summed E-state index contributed by atoms with van der Waals surface area (Å²) >= 11 is 0. The zero-order chi connectivity index (χ0) is 22.7. The summed E-state index contributed by atoms with van der Waals surface area (Å²) in [7, 11) is 0. The van der Waals surface area contributed by atoms with E-state index in [2.05, 4.69) is 29.0 Å². The van der Waals surface area contributed by atoms with Crippen LogP contribution in [0.3, 0.4) is 0 Å². The number of nitrogens with two attached hydrogens (primary N) is 1. The summed E-state index contributed by atoms with van der Waals surface area (Å²) in [5.74, 6) is 0.542. The number of nitrogens with zero attached hydrogens (tertiary/aromatic N) is 3. The number of rotatable bonds is 7. The lowest BCUT2D eigenvalue weighted by Gasteiger charge is -2.34. The molecule has 2 heterocycles. The average Bonchev–Trinajstić information content (AvgIpc) is 2.79. The zero-order valence-electron chi connectivity index (χ0n) is 18.9. The molecule has 7 nitrogen and oxygen atoms in total. The van der Waals surface area contributed by atoms with E-state index in [0.717, 1.165) is 53.8 Å². The molecule has 1 amide bonds. The quantitative estimate of drug-likeness (QED) is 0.580. The van der Waals surface area contributed by atoms with Crippen molar-refractivity contribution in [3.63, 3.8) is 0 Å². The molecule has 1 unspecified atom stereocenters. The second-order valence-electron chi connectivity index (χ2n) is 8.71. The molecule has 1 aliphatic heterocycles. The van der Waals surface area contributed by atoms with Crippen molar-refractivity contribution in [1.82, 2.24) is 14.9 Å². The highest BCUT2D eigenvalue weighted by atomic mass is 16.5. The Balaban J connectivity index is 1.53. The highest BCUT2D eigenvalue weighted by Gasteiger charge is 2.23. The number of primary amides is 1. The molecular formula is C25H31N5O2. The molecule has 1 aliphatic rings. The SMILES string of the molecule is CC(C(N)=O)c1cccc(Nc2ncc3cccc(OC4CCN(C(C)C)CC4)c3n2)c1. The molecule has 168 valence electrons. The van der Waals surface area contributed by atoms with Gasteiger partial charge in [0.25, 0.3) is 0 Å². The van der Waals surface area contributed by atoms with E-state index >= 15 is 0 Å². The largest absolute Gasteiger partial charge is 0.488 e. The standard InChI is InChI=1S/C25H31N5O2/c1-16(2)30-12-10-21(11-13-30)32-22-9-5-7-19-15-27-25(29-23(19)22)28-20-8-4-6-18(14-20)17(3)24(26)31/h4-9,14-17,21H,10-13H2,1-3H3,(H2,26,31)(H,27,28,29). The third kappa shape index (κ3) is 4.99. The first kappa shape index (κ1) is 22.0. The number of fused-ring (bicyclic) bond motifs is 1. The number of ether oxygens (including phenoxy) is 1. The molecule has 1 fully saturated rings. The summed E-state index contributed by atoms with van der Waals surface area (Å²) < 4.78 is 6.38. The third-order valence-electron chi connectivity index (χ3n) is 6.14. The molecule has 3 N–H and O–H groups in total. The molecule has 0 radical (unpaired) electrons. The number of benzene rings is 2. The van der Waals surface area contributed by atoms with E-state index in [0.29, 0.717) is 12.0 Å². The molecule has 0 saturated carbocycles.